The number of morpholine rings is 1. The summed E-state index contributed by atoms with van der Waals surface area (Å²) in [6.07, 6.45) is 3.18. The van der Waals surface area contributed by atoms with Gasteiger partial charge in [-0.25, -0.2) is 0 Å². The van der Waals surface area contributed by atoms with Crippen LogP contribution >= 0.6 is 0 Å². The molecule has 4 heteroatoms. The third-order valence-electron chi connectivity index (χ3n) is 3.85. The molecule has 0 radical (unpaired) electrons. The second kappa shape index (κ2) is 5.83. The summed E-state index contributed by atoms with van der Waals surface area (Å²) in [4.78, 5) is 14.3. The summed E-state index contributed by atoms with van der Waals surface area (Å²) < 4.78 is 5.56. The number of carbonyl (C=O) groups is 1. The zero-order chi connectivity index (χ0) is 12.3. The number of rotatable bonds is 2. The minimum Gasteiger partial charge on any atom is -0.375 e. The molecular formula is C13H24N2O2. The maximum atomic E-state index is 12.3. The molecule has 2 rings (SSSR count). The largest absolute Gasteiger partial charge is 0.375 e. The van der Waals surface area contributed by atoms with Gasteiger partial charge in [0.2, 0.25) is 5.91 Å². The quantitative estimate of drug-likeness (QED) is 0.783. The Labute approximate surface area is 104 Å². The number of hydrogen-bond donors (Lipinski definition) is 1. The van der Waals surface area contributed by atoms with E-state index >= 15 is 0 Å². The fourth-order valence-corrected chi connectivity index (χ4v) is 2.70. The number of amides is 1. The summed E-state index contributed by atoms with van der Waals surface area (Å²) >= 11 is 0. The first-order valence-electron chi connectivity index (χ1n) is 6.78. The van der Waals surface area contributed by atoms with Gasteiger partial charge in [-0.15, -0.1) is 0 Å². The molecule has 2 aliphatic heterocycles. The summed E-state index contributed by atoms with van der Waals surface area (Å²) in [7, 11) is 0. The van der Waals surface area contributed by atoms with Gasteiger partial charge in [0, 0.05) is 13.0 Å². The lowest BCUT2D eigenvalue weighted by atomic mass is 9.93. The minimum absolute atomic E-state index is 0.183. The van der Waals surface area contributed by atoms with Gasteiger partial charge in [-0.05, 0) is 45.7 Å². The first kappa shape index (κ1) is 12.8. The number of hydrogen-bond acceptors (Lipinski definition) is 3. The summed E-state index contributed by atoms with van der Waals surface area (Å²) in [5.74, 6) is 0.897. The van der Waals surface area contributed by atoms with Crippen LogP contribution in [0.15, 0.2) is 0 Å². The molecular weight excluding hydrogens is 216 g/mol. The SMILES string of the molecule is C[C@@H]1CO[C@@H](C)CN1C(=O)CC1CCNCC1. The van der Waals surface area contributed by atoms with E-state index in [9.17, 15) is 4.79 Å². The first-order valence-corrected chi connectivity index (χ1v) is 6.78. The van der Waals surface area contributed by atoms with Crippen molar-refractivity contribution in [2.24, 2.45) is 5.92 Å². The van der Waals surface area contributed by atoms with Crippen molar-refractivity contribution in [2.75, 3.05) is 26.2 Å². The van der Waals surface area contributed by atoms with Gasteiger partial charge in [0.05, 0.1) is 18.8 Å². The van der Waals surface area contributed by atoms with Crippen LogP contribution in [-0.2, 0) is 9.53 Å². The normalized spacial score (nSPS) is 31.5. The standard InChI is InChI=1S/C13H24N2O2/c1-10-9-17-11(2)8-15(10)13(16)7-12-3-5-14-6-4-12/h10-12,14H,3-9H2,1-2H3/t10-,11+/m1/s1. The molecule has 0 aromatic carbocycles. The second-order valence-corrected chi connectivity index (χ2v) is 5.44. The van der Waals surface area contributed by atoms with Gasteiger partial charge in [-0.2, -0.15) is 0 Å². The zero-order valence-electron chi connectivity index (χ0n) is 10.9. The first-order chi connectivity index (χ1) is 8.16. The van der Waals surface area contributed by atoms with E-state index in [2.05, 4.69) is 12.2 Å². The molecule has 0 unspecified atom stereocenters. The molecule has 0 aromatic heterocycles. The fraction of sp³-hybridized carbons (Fsp3) is 0.923. The van der Waals surface area contributed by atoms with Crippen molar-refractivity contribution in [3.05, 3.63) is 0 Å². The summed E-state index contributed by atoms with van der Waals surface area (Å²) in [6, 6.07) is 0.236. The molecule has 0 spiro atoms. The molecule has 2 aliphatic rings. The Hall–Kier alpha value is -0.610. The van der Waals surface area contributed by atoms with Crippen molar-refractivity contribution < 1.29 is 9.53 Å². The number of nitrogens with one attached hydrogen (secondary N) is 1. The molecule has 2 fully saturated rings. The number of carbonyl (C=O) groups excluding carboxylic acids is 1. The molecule has 0 saturated carbocycles. The maximum absolute atomic E-state index is 12.3. The van der Waals surface area contributed by atoms with Gasteiger partial charge >= 0.3 is 0 Å². The number of nitrogens with zero attached hydrogens (tertiary/aromatic N) is 1. The van der Waals surface area contributed by atoms with Crippen LogP contribution < -0.4 is 5.32 Å². The monoisotopic (exact) mass is 240 g/mol. The molecule has 0 bridgehead atoms. The van der Waals surface area contributed by atoms with Crippen LogP contribution in [0.2, 0.25) is 0 Å². The molecule has 98 valence electrons. The van der Waals surface area contributed by atoms with Crippen molar-refractivity contribution in [3.8, 4) is 0 Å². The number of ether oxygens (including phenoxy) is 1. The van der Waals surface area contributed by atoms with Gasteiger partial charge in [0.15, 0.2) is 0 Å². The van der Waals surface area contributed by atoms with Gasteiger partial charge in [-0.1, -0.05) is 0 Å². The highest BCUT2D eigenvalue weighted by Gasteiger charge is 2.29. The fourth-order valence-electron chi connectivity index (χ4n) is 2.70. The van der Waals surface area contributed by atoms with Crippen molar-refractivity contribution in [3.63, 3.8) is 0 Å². The van der Waals surface area contributed by atoms with Crippen molar-refractivity contribution in [2.45, 2.75) is 45.3 Å². The lowest BCUT2D eigenvalue weighted by Crippen LogP contribution is -2.50. The molecule has 2 heterocycles. The Morgan fingerprint density at radius 3 is 2.76 bits per heavy atom. The highest BCUT2D eigenvalue weighted by atomic mass is 16.5. The molecule has 0 aromatic rings. The molecule has 2 atom stereocenters. The van der Waals surface area contributed by atoms with Crippen LogP contribution in [0, 0.1) is 5.92 Å². The van der Waals surface area contributed by atoms with Gasteiger partial charge in [0.25, 0.3) is 0 Å². The van der Waals surface area contributed by atoms with Gasteiger partial charge in [0.1, 0.15) is 0 Å². The molecule has 1 amide bonds. The predicted octanol–water partition coefficient (Wildman–Crippen LogP) is 1.01. The van der Waals surface area contributed by atoms with Crippen LogP contribution in [0.4, 0.5) is 0 Å². The maximum Gasteiger partial charge on any atom is 0.223 e. The van der Waals surface area contributed by atoms with E-state index in [-0.39, 0.29) is 12.1 Å². The molecule has 4 nitrogen and oxygen atoms in total. The van der Waals surface area contributed by atoms with Crippen LogP contribution in [0.5, 0.6) is 0 Å². The average molecular weight is 240 g/mol. The minimum atomic E-state index is 0.183. The smallest absolute Gasteiger partial charge is 0.223 e. The summed E-state index contributed by atoms with van der Waals surface area (Å²) in [5.41, 5.74) is 0. The molecule has 17 heavy (non-hydrogen) atoms. The van der Waals surface area contributed by atoms with E-state index in [1.165, 1.54) is 0 Å². The van der Waals surface area contributed by atoms with Crippen molar-refractivity contribution >= 4 is 5.91 Å². The average Bonchev–Trinajstić information content (AvgIpc) is 2.33. The molecule has 0 aliphatic carbocycles. The molecule has 2 saturated heterocycles. The van der Waals surface area contributed by atoms with E-state index in [4.69, 9.17) is 4.74 Å². The van der Waals surface area contributed by atoms with Crippen molar-refractivity contribution in [1.82, 2.24) is 10.2 Å². The van der Waals surface area contributed by atoms with E-state index in [1.807, 2.05) is 11.8 Å². The topological polar surface area (TPSA) is 41.6 Å². The summed E-state index contributed by atoms with van der Waals surface area (Å²) in [6.45, 7) is 7.67. The Balaban J connectivity index is 1.85. The Morgan fingerprint density at radius 1 is 1.35 bits per heavy atom. The van der Waals surface area contributed by atoms with Crippen molar-refractivity contribution in [1.29, 1.82) is 0 Å². The number of piperidine rings is 1. The van der Waals surface area contributed by atoms with E-state index in [0.29, 0.717) is 18.4 Å². The third kappa shape index (κ3) is 3.42. The highest BCUT2D eigenvalue weighted by Crippen LogP contribution is 2.20. The Kier molecular flexibility index (Phi) is 4.40. The Bertz CT molecular complexity index is 264. The van der Waals surface area contributed by atoms with Crippen LogP contribution in [0.1, 0.15) is 33.1 Å². The summed E-state index contributed by atoms with van der Waals surface area (Å²) in [5, 5.41) is 3.34. The van der Waals surface area contributed by atoms with Crippen LogP contribution in [0.25, 0.3) is 0 Å². The van der Waals surface area contributed by atoms with E-state index in [1.54, 1.807) is 0 Å². The Morgan fingerprint density at radius 2 is 2.06 bits per heavy atom. The van der Waals surface area contributed by atoms with Gasteiger partial charge in [-0.3, -0.25) is 4.79 Å². The second-order valence-electron chi connectivity index (χ2n) is 5.44. The zero-order valence-corrected chi connectivity index (χ0v) is 10.9. The highest BCUT2D eigenvalue weighted by molar-refractivity contribution is 5.77. The molecule has 1 N–H and O–H groups in total. The predicted molar refractivity (Wildman–Crippen MR) is 66.8 cm³/mol. The lowest BCUT2D eigenvalue weighted by Gasteiger charge is -2.37. The van der Waals surface area contributed by atoms with Gasteiger partial charge < -0.3 is 15.0 Å². The van der Waals surface area contributed by atoms with E-state index in [0.717, 1.165) is 38.9 Å². The lowest BCUT2D eigenvalue weighted by molar-refractivity contribution is -0.144. The van der Waals surface area contributed by atoms with Crippen LogP contribution in [-0.4, -0.2) is 49.2 Å². The van der Waals surface area contributed by atoms with E-state index < -0.39 is 0 Å². The van der Waals surface area contributed by atoms with Crippen LogP contribution in [0.3, 0.4) is 0 Å². The third-order valence-corrected chi connectivity index (χ3v) is 3.85.